The molecule has 0 bridgehead atoms. The predicted molar refractivity (Wildman–Crippen MR) is 116 cm³/mol. The zero-order chi connectivity index (χ0) is 21.6. The van der Waals surface area contributed by atoms with Gasteiger partial charge in [-0.3, -0.25) is 0 Å². The minimum Gasteiger partial charge on any atom is -0.456 e. The lowest BCUT2D eigenvalue weighted by atomic mass is 10.0. The van der Waals surface area contributed by atoms with Crippen LogP contribution in [0.25, 0.3) is 0 Å². The van der Waals surface area contributed by atoms with Gasteiger partial charge in [-0.1, -0.05) is 30.3 Å². The molecular weight excluding hydrogens is 380 g/mol. The molecule has 0 aromatic heterocycles. The molecule has 0 saturated carbocycles. The molecule has 0 aliphatic carbocycles. The summed E-state index contributed by atoms with van der Waals surface area (Å²) in [5.41, 5.74) is 1.96. The second-order valence-electron chi connectivity index (χ2n) is 8.53. The van der Waals surface area contributed by atoms with Gasteiger partial charge in [0.05, 0.1) is 5.56 Å². The lowest BCUT2D eigenvalue weighted by Gasteiger charge is -2.32. The molecule has 160 valence electrons. The highest BCUT2D eigenvalue weighted by molar-refractivity contribution is 5.90. The molecule has 1 heterocycles. The number of nitrogens with one attached hydrogen (secondary N) is 1. The molecular formula is C24H30N2O4. The first-order chi connectivity index (χ1) is 14.3. The molecule has 1 aliphatic heterocycles. The summed E-state index contributed by atoms with van der Waals surface area (Å²) in [6.07, 6.45) is 1.42. The van der Waals surface area contributed by atoms with Crippen molar-refractivity contribution in [2.75, 3.05) is 18.4 Å². The zero-order valence-corrected chi connectivity index (χ0v) is 17.9. The van der Waals surface area contributed by atoms with Crippen LogP contribution < -0.4 is 5.32 Å². The van der Waals surface area contributed by atoms with E-state index in [9.17, 15) is 9.59 Å². The average molecular weight is 411 g/mol. The number of benzene rings is 2. The summed E-state index contributed by atoms with van der Waals surface area (Å²) in [5.74, 6) is -0.323. The first-order valence-corrected chi connectivity index (χ1v) is 10.4. The Bertz CT molecular complexity index is 836. The largest absolute Gasteiger partial charge is 0.456 e. The van der Waals surface area contributed by atoms with Crippen LogP contribution in [0.1, 0.15) is 49.5 Å². The third kappa shape index (κ3) is 6.51. The first kappa shape index (κ1) is 21.7. The standard InChI is InChI=1S/C24H30N2O4/c1-24(2,3)30-22(27)19-9-11-20(12-10-19)25-21-13-15-26(16-14-21)23(28)29-17-18-7-5-4-6-8-18/h4-12,21,25H,13-17H2,1-3H3. The van der Waals surface area contributed by atoms with Crippen molar-refractivity contribution in [2.24, 2.45) is 0 Å². The number of amides is 1. The Balaban J connectivity index is 1.43. The van der Waals surface area contributed by atoms with E-state index in [2.05, 4.69) is 5.32 Å². The fourth-order valence-electron chi connectivity index (χ4n) is 3.29. The van der Waals surface area contributed by atoms with Gasteiger partial charge in [-0.05, 0) is 63.4 Å². The normalized spacial score (nSPS) is 14.8. The van der Waals surface area contributed by atoms with Crippen LogP contribution in [-0.2, 0) is 16.1 Å². The maximum atomic E-state index is 12.3. The van der Waals surface area contributed by atoms with E-state index in [0.717, 1.165) is 24.1 Å². The number of hydrogen-bond donors (Lipinski definition) is 1. The molecule has 0 atom stereocenters. The Labute approximate surface area is 178 Å². The molecule has 3 rings (SSSR count). The van der Waals surface area contributed by atoms with Gasteiger partial charge in [-0.2, -0.15) is 0 Å². The molecule has 1 amide bonds. The van der Waals surface area contributed by atoms with Gasteiger partial charge in [0.1, 0.15) is 12.2 Å². The van der Waals surface area contributed by atoms with Gasteiger partial charge in [0.2, 0.25) is 0 Å². The highest BCUT2D eigenvalue weighted by Gasteiger charge is 2.24. The van der Waals surface area contributed by atoms with E-state index in [4.69, 9.17) is 9.47 Å². The maximum absolute atomic E-state index is 12.3. The Morgan fingerprint density at radius 3 is 2.23 bits per heavy atom. The highest BCUT2D eigenvalue weighted by atomic mass is 16.6. The van der Waals surface area contributed by atoms with Gasteiger partial charge in [-0.15, -0.1) is 0 Å². The highest BCUT2D eigenvalue weighted by Crippen LogP contribution is 2.19. The van der Waals surface area contributed by atoms with Crippen molar-refractivity contribution in [3.63, 3.8) is 0 Å². The lowest BCUT2D eigenvalue weighted by Crippen LogP contribution is -2.42. The van der Waals surface area contributed by atoms with E-state index in [1.54, 1.807) is 17.0 Å². The second kappa shape index (κ2) is 9.65. The van der Waals surface area contributed by atoms with Crippen molar-refractivity contribution in [3.05, 3.63) is 65.7 Å². The number of nitrogens with zero attached hydrogens (tertiary/aromatic N) is 1. The second-order valence-corrected chi connectivity index (χ2v) is 8.53. The monoisotopic (exact) mass is 410 g/mol. The van der Waals surface area contributed by atoms with Crippen LogP contribution in [0.3, 0.4) is 0 Å². The maximum Gasteiger partial charge on any atom is 0.410 e. The summed E-state index contributed by atoms with van der Waals surface area (Å²) in [7, 11) is 0. The number of likely N-dealkylation sites (tertiary alicyclic amines) is 1. The van der Waals surface area contributed by atoms with Gasteiger partial charge in [0.15, 0.2) is 0 Å². The van der Waals surface area contributed by atoms with Gasteiger partial charge < -0.3 is 19.7 Å². The van der Waals surface area contributed by atoms with E-state index in [0.29, 0.717) is 25.3 Å². The molecule has 30 heavy (non-hydrogen) atoms. The van der Waals surface area contributed by atoms with Crippen LogP contribution in [0.4, 0.5) is 10.5 Å². The molecule has 1 saturated heterocycles. The lowest BCUT2D eigenvalue weighted by molar-refractivity contribution is 0.00695. The van der Waals surface area contributed by atoms with Crippen LogP contribution in [0.5, 0.6) is 0 Å². The van der Waals surface area contributed by atoms with Crippen LogP contribution in [-0.4, -0.2) is 41.7 Å². The minimum atomic E-state index is -0.510. The van der Waals surface area contributed by atoms with Gasteiger partial charge >= 0.3 is 12.1 Å². The molecule has 1 fully saturated rings. The van der Waals surface area contributed by atoms with Gasteiger partial charge in [-0.25, -0.2) is 9.59 Å². The summed E-state index contributed by atoms with van der Waals surface area (Å²) in [6.45, 7) is 7.16. The zero-order valence-electron chi connectivity index (χ0n) is 17.9. The van der Waals surface area contributed by atoms with Crippen molar-refractivity contribution in [3.8, 4) is 0 Å². The molecule has 6 heteroatoms. The third-order valence-electron chi connectivity index (χ3n) is 4.85. The molecule has 0 spiro atoms. The van der Waals surface area contributed by atoms with Gasteiger partial charge in [0, 0.05) is 24.8 Å². The quantitative estimate of drug-likeness (QED) is 0.714. The van der Waals surface area contributed by atoms with Crippen molar-refractivity contribution in [2.45, 2.75) is 51.9 Å². The molecule has 2 aromatic rings. The van der Waals surface area contributed by atoms with Crippen molar-refractivity contribution in [1.29, 1.82) is 0 Å². The SMILES string of the molecule is CC(C)(C)OC(=O)c1ccc(NC2CCN(C(=O)OCc3ccccc3)CC2)cc1. The van der Waals surface area contributed by atoms with Crippen molar-refractivity contribution < 1.29 is 19.1 Å². The third-order valence-corrected chi connectivity index (χ3v) is 4.85. The number of carbonyl (C=O) groups is 2. The Morgan fingerprint density at radius 1 is 1.00 bits per heavy atom. The van der Waals surface area contributed by atoms with Crippen LogP contribution >= 0.6 is 0 Å². The van der Waals surface area contributed by atoms with Crippen molar-refractivity contribution >= 4 is 17.7 Å². The summed E-state index contributed by atoms with van der Waals surface area (Å²) >= 11 is 0. The average Bonchev–Trinajstić information content (AvgIpc) is 2.72. The molecule has 6 nitrogen and oxygen atoms in total. The number of carbonyl (C=O) groups excluding carboxylic acids is 2. The van der Waals surface area contributed by atoms with E-state index in [1.807, 2.05) is 63.2 Å². The first-order valence-electron chi connectivity index (χ1n) is 10.4. The minimum absolute atomic E-state index is 0.265. The number of hydrogen-bond acceptors (Lipinski definition) is 5. The molecule has 0 unspecified atom stereocenters. The summed E-state index contributed by atoms with van der Waals surface area (Å²) in [5, 5.41) is 3.48. The smallest absolute Gasteiger partial charge is 0.410 e. The fraction of sp³-hybridized carbons (Fsp3) is 0.417. The van der Waals surface area contributed by atoms with E-state index >= 15 is 0 Å². The van der Waals surface area contributed by atoms with E-state index in [-0.39, 0.29) is 18.1 Å². The Hall–Kier alpha value is -3.02. The molecule has 1 N–H and O–H groups in total. The number of piperidine rings is 1. The van der Waals surface area contributed by atoms with Crippen LogP contribution in [0, 0.1) is 0 Å². The molecule has 1 aliphatic rings. The fourth-order valence-corrected chi connectivity index (χ4v) is 3.29. The number of esters is 1. The Morgan fingerprint density at radius 2 is 1.63 bits per heavy atom. The summed E-state index contributed by atoms with van der Waals surface area (Å²) in [6, 6.07) is 17.3. The van der Waals surface area contributed by atoms with Crippen LogP contribution in [0.15, 0.2) is 54.6 Å². The van der Waals surface area contributed by atoms with Gasteiger partial charge in [0.25, 0.3) is 0 Å². The molecule has 0 radical (unpaired) electrons. The van der Waals surface area contributed by atoms with E-state index < -0.39 is 5.60 Å². The summed E-state index contributed by atoms with van der Waals surface area (Å²) in [4.78, 5) is 26.1. The molecule has 2 aromatic carbocycles. The number of anilines is 1. The van der Waals surface area contributed by atoms with Crippen molar-refractivity contribution in [1.82, 2.24) is 4.90 Å². The topological polar surface area (TPSA) is 67.9 Å². The van der Waals surface area contributed by atoms with Crippen LogP contribution in [0.2, 0.25) is 0 Å². The Kier molecular flexibility index (Phi) is 6.98. The van der Waals surface area contributed by atoms with E-state index in [1.165, 1.54) is 0 Å². The number of rotatable bonds is 5. The summed E-state index contributed by atoms with van der Waals surface area (Å²) < 4.78 is 10.8. The predicted octanol–water partition coefficient (Wildman–Crippen LogP) is 4.86. The number of ether oxygens (including phenoxy) is 2.